The summed E-state index contributed by atoms with van der Waals surface area (Å²) in [5, 5.41) is 0.451. The average molecular weight is 324 g/mol. The Morgan fingerprint density at radius 2 is 1.27 bits per heavy atom. The third-order valence-electron chi connectivity index (χ3n) is 5.69. The summed E-state index contributed by atoms with van der Waals surface area (Å²) in [5.41, 5.74) is 0.613. The summed E-state index contributed by atoms with van der Waals surface area (Å²) < 4.78 is 0. The van der Waals surface area contributed by atoms with Crippen LogP contribution in [0.25, 0.3) is 0 Å². The number of rotatable bonds is 3. The van der Waals surface area contributed by atoms with E-state index in [-0.39, 0.29) is 5.66 Å². The summed E-state index contributed by atoms with van der Waals surface area (Å²) in [5.74, 6) is 0.362. The van der Waals surface area contributed by atoms with Crippen molar-refractivity contribution in [3.8, 4) is 0 Å². The van der Waals surface area contributed by atoms with E-state index < -0.39 is 7.28 Å². The summed E-state index contributed by atoms with van der Waals surface area (Å²) in [4.78, 5) is 33.1. The maximum atomic E-state index is 11.0. The fourth-order valence-corrected chi connectivity index (χ4v) is 7.22. The third-order valence-corrected chi connectivity index (χ3v) is 8.88. The molecule has 2 aliphatic carbocycles. The van der Waals surface area contributed by atoms with Crippen molar-refractivity contribution in [1.82, 2.24) is 0 Å². The predicted octanol–water partition coefficient (Wildman–Crippen LogP) is 3.97. The van der Waals surface area contributed by atoms with E-state index in [0.29, 0.717) is 11.2 Å². The van der Waals surface area contributed by atoms with Gasteiger partial charge >= 0.3 is 133 Å². The van der Waals surface area contributed by atoms with Gasteiger partial charge in [0.2, 0.25) is 0 Å². The van der Waals surface area contributed by atoms with Crippen molar-refractivity contribution in [2.45, 2.75) is 75.8 Å². The maximum absolute atomic E-state index is 11.0. The van der Waals surface area contributed by atoms with E-state index in [1.54, 1.807) is 6.07 Å². The van der Waals surface area contributed by atoms with Crippen molar-refractivity contribution in [2.24, 2.45) is 0 Å². The van der Waals surface area contributed by atoms with Gasteiger partial charge in [-0.15, -0.1) is 0 Å². The average Bonchev–Trinajstić information content (AvgIpc) is 2.56. The zero-order valence-corrected chi connectivity index (χ0v) is 14.2. The van der Waals surface area contributed by atoms with Crippen molar-refractivity contribution in [1.29, 1.82) is 0 Å². The molecule has 0 heterocycles. The Morgan fingerprint density at radius 3 is 1.91 bits per heavy atom. The summed E-state index contributed by atoms with van der Waals surface area (Å²) in [6.45, 7) is 0. The standard InChI is InChI=1S/C18H29O3P/c19-22(20,21,16-11-5-2-6-12-16)18-14-8-7-13-17(18)15-9-3-1-4-10-15/h7-8,13-16,19-21H,1-6,9-12H2. The topological polar surface area (TPSA) is 60.7 Å². The zero-order chi connectivity index (χ0) is 15.7. The van der Waals surface area contributed by atoms with Crippen LogP contribution in [-0.2, 0) is 0 Å². The van der Waals surface area contributed by atoms with E-state index in [2.05, 4.69) is 0 Å². The second-order valence-corrected chi connectivity index (χ2v) is 10.5. The molecule has 3 N–H and O–H groups in total. The summed E-state index contributed by atoms with van der Waals surface area (Å²) >= 11 is 0. The molecular weight excluding hydrogens is 295 g/mol. The number of benzene rings is 1. The molecule has 2 fully saturated rings. The van der Waals surface area contributed by atoms with Gasteiger partial charge in [0.25, 0.3) is 0 Å². The van der Waals surface area contributed by atoms with Crippen LogP contribution in [0, 0.1) is 0 Å². The Kier molecular flexibility index (Phi) is 4.62. The molecule has 0 radical (unpaired) electrons. The van der Waals surface area contributed by atoms with E-state index >= 15 is 0 Å². The Hall–Kier alpha value is -0.470. The first-order chi connectivity index (χ1) is 10.5. The molecule has 3 nitrogen and oxygen atoms in total. The van der Waals surface area contributed by atoms with Crippen LogP contribution in [0.2, 0.25) is 0 Å². The Balaban J connectivity index is 1.98. The van der Waals surface area contributed by atoms with Gasteiger partial charge in [0.1, 0.15) is 0 Å². The van der Waals surface area contributed by atoms with E-state index in [9.17, 15) is 14.7 Å². The molecular formula is C18H29O3P. The van der Waals surface area contributed by atoms with Crippen LogP contribution in [0.1, 0.15) is 75.7 Å². The normalized spacial score (nSPS) is 23.9. The molecule has 0 spiro atoms. The SMILES string of the molecule is OP(O)(O)(c1ccccc1C1CCCCC1)C1CCCCC1. The van der Waals surface area contributed by atoms with Crippen molar-refractivity contribution >= 4 is 12.6 Å². The van der Waals surface area contributed by atoms with Crippen LogP contribution in [0.4, 0.5) is 0 Å². The molecule has 1 aromatic carbocycles. The van der Waals surface area contributed by atoms with E-state index in [1.165, 1.54) is 19.3 Å². The van der Waals surface area contributed by atoms with Crippen LogP contribution in [0.15, 0.2) is 24.3 Å². The van der Waals surface area contributed by atoms with Crippen molar-refractivity contribution in [3.05, 3.63) is 29.8 Å². The molecule has 0 aromatic heterocycles. The summed E-state index contributed by atoms with van der Waals surface area (Å²) in [6, 6.07) is 7.55. The third kappa shape index (κ3) is 3.10. The van der Waals surface area contributed by atoms with E-state index in [1.807, 2.05) is 18.2 Å². The molecule has 3 rings (SSSR count). The second-order valence-electron chi connectivity index (χ2n) is 7.23. The zero-order valence-electron chi connectivity index (χ0n) is 13.3. The van der Waals surface area contributed by atoms with Gasteiger partial charge in [-0.2, -0.15) is 0 Å². The van der Waals surface area contributed by atoms with Crippen molar-refractivity contribution in [2.75, 3.05) is 0 Å². The first kappa shape index (κ1) is 16.4. The minimum atomic E-state index is -4.80. The van der Waals surface area contributed by atoms with Gasteiger partial charge in [-0.3, -0.25) is 0 Å². The second kappa shape index (κ2) is 6.20. The van der Waals surface area contributed by atoms with Crippen LogP contribution >= 0.6 is 7.28 Å². The monoisotopic (exact) mass is 324 g/mol. The fourth-order valence-electron chi connectivity index (χ4n) is 4.39. The van der Waals surface area contributed by atoms with E-state index in [4.69, 9.17) is 0 Å². The fraction of sp³-hybridized carbons (Fsp3) is 0.667. The summed E-state index contributed by atoms with van der Waals surface area (Å²) in [7, 11) is -4.80. The Bertz CT molecular complexity index is 509. The molecule has 0 saturated heterocycles. The molecule has 4 heteroatoms. The molecule has 2 saturated carbocycles. The molecule has 0 bridgehead atoms. The van der Waals surface area contributed by atoms with Gasteiger partial charge in [-0.1, -0.05) is 0 Å². The van der Waals surface area contributed by atoms with Gasteiger partial charge in [-0.05, 0) is 0 Å². The van der Waals surface area contributed by atoms with Crippen LogP contribution in [-0.4, -0.2) is 20.3 Å². The molecule has 0 unspecified atom stereocenters. The van der Waals surface area contributed by atoms with E-state index in [0.717, 1.165) is 50.5 Å². The van der Waals surface area contributed by atoms with Crippen LogP contribution < -0.4 is 5.30 Å². The van der Waals surface area contributed by atoms with Gasteiger partial charge < -0.3 is 0 Å². The molecule has 0 aliphatic heterocycles. The predicted molar refractivity (Wildman–Crippen MR) is 92.4 cm³/mol. The van der Waals surface area contributed by atoms with Gasteiger partial charge in [-0.25, -0.2) is 0 Å². The summed E-state index contributed by atoms with van der Waals surface area (Å²) in [6.07, 6.45) is 10.4. The Labute approximate surface area is 133 Å². The molecule has 0 atom stereocenters. The molecule has 124 valence electrons. The minimum absolute atomic E-state index is 0.362. The van der Waals surface area contributed by atoms with Crippen LogP contribution in [0.5, 0.6) is 0 Å². The van der Waals surface area contributed by atoms with Crippen molar-refractivity contribution < 1.29 is 14.7 Å². The number of hydrogen-bond acceptors (Lipinski definition) is 3. The number of hydrogen-bond donors (Lipinski definition) is 3. The molecule has 0 amide bonds. The van der Waals surface area contributed by atoms with Crippen LogP contribution in [0.3, 0.4) is 0 Å². The van der Waals surface area contributed by atoms with Gasteiger partial charge in [0, 0.05) is 0 Å². The quantitative estimate of drug-likeness (QED) is 0.737. The van der Waals surface area contributed by atoms with Gasteiger partial charge in [0.05, 0.1) is 0 Å². The first-order valence-electron chi connectivity index (χ1n) is 8.83. The molecule has 22 heavy (non-hydrogen) atoms. The first-order valence-corrected chi connectivity index (χ1v) is 11.0. The van der Waals surface area contributed by atoms with Gasteiger partial charge in [0.15, 0.2) is 0 Å². The Morgan fingerprint density at radius 1 is 0.727 bits per heavy atom. The molecule has 2 aliphatic rings. The van der Waals surface area contributed by atoms with Crippen molar-refractivity contribution in [3.63, 3.8) is 0 Å². The molecule has 1 aromatic rings.